The molecule has 262 valence electrons. The van der Waals surface area contributed by atoms with Crippen LogP contribution in [0.4, 0.5) is 4.79 Å². The molecule has 0 spiro atoms. The third kappa shape index (κ3) is 14.1. The van der Waals surface area contributed by atoms with Crippen molar-refractivity contribution in [3.05, 3.63) is 101 Å². The van der Waals surface area contributed by atoms with Crippen LogP contribution >= 0.6 is 0 Å². The quantitative estimate of drug-likeness (QED) is 0.150. The molecule has 3 rings (SSSR count). The summed E-state index contributed by atoms with van der Waals surface area (Å²) in [6, 6.07) is 20.9. The molecule has 0 aliphatic rings. The SMILES string of the molecule is COC(=O)Cc1ccc(C[C@H](NC(=O)OC(C)(C)C)C(=O)N[C@@H](CCC(=O)OCc2ccccc2)C(=O)NCc2ccc(OC)cc2)cc1. The summed E-state index contributed by atoms with van der Waals surface area (Å²) < 4.78 is 20.7. The van der Waals surface area contributed by atoms with Crippen molar-refractivity contribution in [2.75, 3.05) is 14.2 Å². The van der Waals surface area contributed by atoms with E-state index in [2.05, 4.69) is 16.0 Å². The Balaban J connectivity index is 1.76. The largest absolute Gasteiger partial charge is 0.497 e. The van der Waals surface area contributed by atoms with E-state index in [4.69, 9.17) is 18.9 Å². The molecule has 0 bridgehead atoms. The predicted octanol–water partition coefficient (Wildman–Crippen LogP) is 4.17. The fourth-order valence-corrected chi connectivity index (χ4v) is 4.60. The number of carbonyl (C=O) groups excluding carboxylic acids is 5. The van der Waals surface area contributed by atoms with E-state index in [0.29, 0.717) is 16.9 Å². The Morgan fingerprint density at radius 2 is 1.33 bits per heavy atom. The van der Waals surface area contributed by atoms with Crippen molar-refractivity contribution in [2.24, 2.45) is 0 Å². The summed E-state index contributed by atoms with van der Waals surface area (Å²) in [5, 5.41) is 8.15. The van der Waals surface area contributed by atoms with Crippen LogP contribution in [0.1, 0.15) is 55.9 Å². The van der Waals surface area contributed by atoms with Crippen LogP contribution in [0.2, 0.25) is 0 Å². The van der Waals surface area contributed by atoms with Crippen molar-refractivity contribution >= 4 is 29.8 Å². The summed E-state index contributed by atoms with van der Waals surface area (Å²) in [5.41, 5.74) is 2.16. The summed E-state index contributed by atoms with van der Waals surface area (Å²) in [5.74, 6) is -1.45. The Hall–Kier alpha value is -5.39. The highest BCUT2D eigenvalue weighted by Gasteiger charge is 2.29. The lowest BCUT2D eigenvalue weighted by Crippen LogP contribution is -2.55. The maximum Gasteiger partial charge on any atom is 0.408 e. The van der Waals surface area contributed by atoms with Gasteiger partial charge in [-0.15, -0.1) is 0 Å². The molecule has 3 N–H and O–H groups in total. The van der Waals surface area contributed by atoms with Crippen molar-refractivity contribution in [1.82, 2.24) is 16.0 Å². The number of esters is 2. The number of amides is 3. The van der Waals surface area contributed by atoms with Gasteiger partial charge in [0.15, 0.2) is 0 Å². The molecule has 12 nitrogen and oxygen atoms in total. The molecule has 3 amide bonds. The number of methoxy groups -OCH3 is 2. The van der Waals surface area contributed by atoms with Gasteiger partial charge < -0.3 is 34.9 Å². The lowest BCUT2D eigenvalue weighted by atomic mass is 10.0. The molecule has 0 saturated heterocycles. The van der Waals surface area contributed by atoms with Crippen LogP contribution in [0.3, 0.4) is 0 Å². The maximum absolute atomic E-state index is 13.8. The minimum absolute atomic E-state index is 0.0445. The summed E-state index contributed by atoms with van der Waals surface area (Å²) in [6.07, 6.45) is -0.907. The summed E-state index contributed by atoms with van der Waals surface area (Å²) in [7, 11) is 2.86. The number of hydrogen-bond acceptors (Lipinski definition) is 9. The van der Waals surface area contributed by atoms with Crippen LogP contribution in [-0.4, -0.2) is 61.8 Å². The molecule has 0 unspecified atom stereocenters. The molecule has 0 radical (unpaired) electrons. The van der Waals surface area contributed by atoms with Gasteiger partial charge in [-0.25, -0.2) is 4.79 Å². The molecular weight excluding hydrogens is 630 g/mol. The minimum Gasteiger partial charge on any atom is -0.497 e. The van der Waals surface area contributed by atoms with Gasteiger partial charge in [-0.3, -0.25) is 19.2 Å². The van der Waals surface area contributed by atoms with Crippen molar-refractivity contribution in [3.63, 3.8) is 0 Å². The zero-order chi connectivity index (χ0) is 35.8. The van der Waals surface area contributed by atoms with Crippen LogP contribution in [-0.2, 0) is 59.4 Å². The molecule has 0 fully saturated rings. The standard InChI is InChI=1S/C37H45N3O9/c1-37(2,3)49-36(45)40-31(21-25-11-13-26(14-12-25)22-33(42)47-5)35(44)39-30(19-20-32(41)48-24-28-9-7-6-8-10-28)34(43)38-23-27-15-17-29(46-4)18-16-27/h6-18,30-31H,19-24H2,1-5H3,(H,38,43)(H,39,44)(H,40,45)/t30-,31-/m0/s1. The van der Waals surface area contributed by atoms with E-state index in [-0.39, 0.29) is 38.8 Å². The first-order valence-electron chi connectivity index (χ1n) is 15.9. The lowest BCUT2D eigenvalue weighted by Gasteiger charge is -2.25. The molecule has 0 aliphatic heterocycles. The van der Waals surface area contributed by atoms with E-state index in [1.54, 1.807) is 76.4 Å². The maximum atomic E-state index is 13.8. The number of ether oxygens (including phenoxy) is 4. The van der Waals surface area contributed by atoms with E-state index < -0.39 is 47.5 Å². The van der Waals surface area contributed by atoms with E-state index in [0.717, 1.165) is 11.1 Å². The van der Waals surface area contributed by atoms with Crippen molar-refractivity contribution in [2.45, 2.75) is 77.3 Å². The molecule has 49 heavy (non-hydrogen) atoms. The third-order valence-corrected chi connectivity index (χ3v) is 7.18. The molecule has 0 aromatic heterocycles. The first-order chi connectivity index (χ1) is 23.3. The Kier molecular flexibility index (Phi) is 14.6. The van der Waals surface area contributed by atoms with Gasteiger partial charge in [0.1, 0.15) is 30.0 Å². The van der Waals surface area contributed by atoms with E-state index in [1.165, 1.54) is 7.11 Å². The van der Waals surface area contributed by atoms with Gasteiger partial charge in [-0.1, -0.05) is 66.7 Å². The number of rotatable bonds is 16. The average Bonchev–Trinajstić information content (AvgIpc) is 3.08. The first-order valence-corrected chi connectivity index (χ1v) is 15.9. The molecule has 0 saturated carbocycles. The lowest BCUT2D eigenvalue weighted by molar-refractivity contribution is -0.145. The summed E-state index contributed by atoms with van der Waals surface area (Å²) in [6.45, 7) is 5.32. The molecule has 12 heteroatoms. The van der Waals surface area contributed by atoms with Crippen LogP contribution < -0.4 is 20.7 Å². The second-order valence-electron chi connectivity index (χ2n) is 12.3. The number of alkyl carbamates (subject to hydrolysis) is 1. The summed E-state index contributed by atoms with van der Waals surface area (Å²) in [4.78, 5) is 64.3. The smallest absolute Gasteiger partial charge is 0.408 e. The molecule has 3 aromatic rings. The topological polar surface area (TPSA) is 158 Å². The third-order valence-electron chi connectivity index (χ3n) is 7.18. The normalized spacial score (nSPS) is 12.1. The van der Waals surface area contributed by atoms with Gasteiger partial charge in [-0.2, -0.15) is 0 Å². The molecular formula is C37H45N3O9. The van der Waals surface area contributed by atoms with E-state index >= 15 is 0 Å². The van der Waals surface area contributed by atoms with Gasteiger partial charge in [-0.05, 0) is 61.6 Å². The highest BCUT2D eigenvalue weighted by molar-refractivity contribution is 5.91. The van der Waals surface area contributed by atoms with Crippen LogP contribution in [0.25, 0.3) is 0 Å². The zero-order valence-electron chi connectivity index (χ0n) is 28.6. The molecule has 3 aromatic carbocycles. The Morgan fingerprint density at radius 1 is 0.694 bits per heavy atom. The van der Waals surface area contributed by atoms with Gasteiger partial charge in [0.25, 0.3) is 0 Å². The fraction of sp³-hybridized carbons (Fsp3) is 0.378. The van der Waals surface area contributed by atoms with Gasteiger partial charge in [0, 0.05) is 19.4 Å². The van der Waals surface area contributed by atoms with Crippen LogP contribution in [0.15, 0.2) is 78.9 Å². The second-order valence-corrected chi connectivity index (χ2v) is 12.3. The highest BCUT2D eigenvalue weighted by atomic mass is 16.6. The van der Waals surface area contributed by atoms with E-state index in [9.17, 15) is 24.0 Å². The van der Waals surface area contributed by atoms with Crippen molar-refractivity contribution < 1.29 is 42.9 Å². The second kappa shape index (κ2) is 18.8. The number of carbonyl (C=O) groups is 5. The van der Waals surface area contributed by atoms with Crippen molar-refractivity contribution in [3.8, 4) is 5.75 Å². The first kappa shape index (κ1) is 38.1. The average molecular weight is 676 g/mol. The van der Waals surface area contributed by atoms with Crippen molar-refractivity contribution in [1.29, 1.82) is 0 Å². The Bertz CT molecular complexity index is 1540. The van der Waals surface area contributed by atoms with Gasteiger partial charge >= 0.3 is 18.0 Å². The Labute approximate surface area is 286 Å². The number of hydrogen-bond donors (Lipinski definition) is 3. The van der Waals surface area contributed by atoms with E-state index in [1.807, 2.05) is 30.3 Å². The molecule has 2 atom stereocenters. The fourth-order valence-electron chi connectivity index (χ4n) is 4.60. The van der Waals surface area contributed by atoms with Crippen LogP contribution in [0.5, 0.6) is 5.75 Å². The monoisotopic (exact) mass is 675 g/mol. The van der Waals surface area contributed by atoms with Gasteiger partial charge in [0.05, 0.1) is 20.6 Å². The minimum atomic E-state index is -1.15. The van der Waals surface area contributed by atoms with Gasteiger partial charge in [0.2, 0.25) is 11.8 Å². The highest BCUT2D eigenvalue weighted by Crippen LogP contribution is 2.14. The number of benzene rings is 3. The predicted molar refractivity (Wildman–Crippen MR) is 181 cm³/mol. The molecule has 0 aliphatic carbocycles. The summed E-state index contributed by atoms with van der Waals surface area (Å²) >= 11 is 0. The zero-order valence-corrected chi connectivity index (χ0v) is 28.6. The molecule has 0 heterocycles. The number of nitrogens with one attached hydrogen (secondary N) is 3. The van der Waals surface area contributed by atoms with Crippen LogP contribution in [0, 0.1) is 0 Å². The Morgan fingerprint density at radius 3 is 1.94 bits per heavy atom.